The fourth-order valence-corrected chi connectivity index (χ4v) is 4.07. The lowest BCUT2D eigenvalue weighted by molar-refractivity contribution is 0.0697. The molecule has 1 aromatic heterocycles. The number of amides is 1. The maximum Gasteiger partial charge on any atom is 0.336 e. The minimum absolute atomic E-state index is 0.144. The molecule has 0 aliphatic carbocycles. The molecule has 1 heterocycles. The first-order valence-corrected chi connectivity index (χ1v) is 9.59. The van der Waals surface area contributed by atoms with Gasteiger partial charge < -0.3 is 5.11 Å². The number of thioether (sulfide) groups is 1. The first-order chi connectivity index (χ1) is 12.6. The molecule has 3 rings (SSSR count). The molecule has 0 aliphatic rings. The number of carboxylic acids is 1. The Morgan fingerprint density at radius 2 is 1.65 bits per heavy atom. The van der Waals surface area contributed by atoms with Gasteiger partial charge in [-0.15, -0.1) is 10.2 Å². The monoisotopic (exact) mass is 385 g/mol. The van der Waals surface area contributed by atoms with Crippen LogP contribution in [0.2, 0.25) is 0 Å². The summed E-state index contributed by atoms with van der Waals surface area (Å²) < 4.78 is 0.785. The van der Waals surface area contributed by atoms with E-state index in [1.165, 1.54) is 17.4 Å². The summed E-state index contributed by atoms with van der Waals surface area (Å²) in [6, 6.07) is 13.5. The van der Waals surface area contributed by atoms with Gasteiger partial charge in [-0.25, -0.2) is 4.79 Å². The number of nitrogens with one attached hydrogen (secondary N) is 1. The lowest BCUT2D eigenvalue weighted by atomic mass is 9.95. The molecule has 6 nitrogen and oxygen atoms in total. The van der Waals surface area contributed by atoms with E-state index in [0.717, 1.165) is 10.1 Å². The molecule has 1 amide bonds. The fraction of sp³-hybridized carbons (Fsp3) is 0.111. The van der Waals surface area contributed by atoms with Crippen molar-refractivity contribution in [1.29, 1.82) is 0 Å². The number of anilines is 1. The highest BCUT2D eigenvalue weighted by molar-refractivity contribution is 8.01. The minimum atomic E-state index is -1.04. The van der Waals surface area contributed by atoms with Gasteiger partial charge in [-0.2, -0.15) is 0 Å². The molecule has 0 aliphatic heterocycles. The normalized spacial score (nSPS) is 10.5. The second-order valence-corrected chi connectivity index (χ2v) is 7.65. The molecule has 0 saturated carbocycles. The summed E-state index contributed by atoms with van der Waals surface area (Å²) in [4.78, 5) is 24.2. The summed E-state index contributed by atoms with van der Waals surface area (Å²) in [5.41, 5.74) is 1.56. The Bertz CT molecular complexity index is 956. The second kappa shape index (κ2) is 8.11. The van der Waals surface area contributed by atoms with Crippen LogP contribution in [0.5, 0.6) is 0 Å². The average Bonchev–Trinajstić information content (AvgIpc) is 3.09. The van der Waals surface area contributed by atoms with Crippen LogP contribution in [0.1, 0.15) is 27.6 Å². The second-order valence-electron chi connectivity index (χ2n) is 5.16. The fourth-order valence-electron chi connectivity index (χ4n) is 2.43. The number of benzene rings is 2. The quantitative estimate of drug-likeness (QED) is 0.486. The molecule has 132 valence electrons. The van der Waals surface area contributed by atoms with Crippen molar-refractivity contribution in [2.75, 3.05) is 11.1 Å². The Kier molecular flexibility index (Phi) is 5.65. The van der Waals surface area contributed by atoms with Crippen LogP contribution in [0.3, 0.4) is 0 Å². The zero-order valence-electron chi connectivity index (χ0n) is 13.8. The van der Waals surface area contributed by atoms with Crippen molar-refractivity contribution in [3.63, 3.8) is 0 Å². The Morgan fingerprint density at radius 3 is 2.31 bits per heavy atom. The molecule has 26 heavy (non-hydrogen) atoms. The van der Waals surface area contributed by atoms with Crippen molar-refractivity contribution in [3.05, 3.63) is 59.7 Å². The van der Waals surface area contributed by atoms with E-state index in [2.05, 4.69) is 15.5 Å². The van der Waals surface area contributed by atoms with E-state index in [1.54, 1.807) is 54.2 Å². The van der Waals surface area contributed by atoms with E-state index in [4.69, 9.17) is 0 Å². The van der Waals surface area contributed by atoms with Gasteiger partial charge in [-0.3, -0.25) is 10.1 Å². The zero-order valence-corrected chi connectivity index (χ0v) is 15.4. The largest absolute Gasteiger partial charge is 0.478 e. The standard InChI is InChI=1S/C18H15N3O3S2/c1-2-25-18-21-20-17(26-18)19-15(22)13-9-5-3-7-11(13)12-8-4-6-10-14(12)16(23)24/h3-10H,2H2,1H3,(H,23,24)(H,19,20,22). The number of aromatic nitrogens is 2. The third kappa shape index (κ3) is 3.92. The smallest absolute Gasteiger partial charge is 0.336 e. The highest BCUT2D eigenvalue weighted by Crippen LogP contribution is 2.29. The van der Waals surface area contributed by atoms with Gasteiger partial charge in [0.1, 0.15) is 0 Å². The molecule has 2 aromatic carbocycles. The zero-order chi connectivity index (χ0) is 18.5. The van der Waals surface area contributed by atoms with Crippen molar-refractivity contribution in [3.8, 4) is 11.1 Å². The number of aromatic carboxylic acids is 1. The maximum atomic E-state index is 12.7. The topological polar surface area (TPSA) is 92.2 Å². The van der Waals surface area contributed by atoms with Crippen LogP contribution in [0.4, 0.5) is 5.13 Å². The average molecular weight is 385 g/mol. The van der Waals surface area contributed by atoms with Gasteiger partial charge >= 0.3 is 5.97 Å². The first-order valence-electron chi connectivity index (χ1n) is 7.79. The van der Waals surface area contributed by atoms with Crippen LogP contribution in [-0.2, 0) is 0 Å². The van der Waals surface area contributed by atoms with Gasteiger partial charge in [-0.1, -0.05) is 66.4 Å². The molecule has 0 spiro atoms. The highest BCUT2D eigenvalue weighted by Gasteiger charge is 2.18. The summed E-state index contributed by atoms with van der Waals surface area (Å²) in [5, 5.41) is 20.6. The SMILES string of the molecule is CCSc1nnc(NC(=O)c2ccccc2-c2ccccc2C(=O)O)s1. The third-order valence-electron chi connectivity index (χ3n) is 3.51. The van der Waals surface area contributed by atoms with E-state index in [9.17, 15) is 14.7 Å². The Labute approximate surface area is 158 Å². The predicted molar refractivity (Wildman–Crippen MR) is 103 cm³/mol. The Hall–Kier alpha value is -2.71. The molecule has 8 heteroatoms. The number of rotatable bonds is 6. The molecule has 0 bridgehead atoms. The summed E-state index contributed by atoms with van der Waals surface area (Å²) in [6.07, 6.45) is 0. The highest BCUT2D eigenvalue weighted by atomic mass is 32.2. The van der Waals surface area contributed by atoms with E-state index < -0.39 is 5.97 Å². The van der Waals surface area contributed by atoms with Crippen LogP contribution in [-0.4, -0.2) is 32.9 Å². The number of carbonyl (C=O) groups excluding carboxylic acids is 1. The third-order valence-corrected chi connectivity index (χ3v) is 5.37. The van der Waals surface area contributed by atoms with E-state index in [-0.39, 0.29) is 11.5 Å². The van der Waals surface area contributed by atoms with Crippen molar-refractivity contribution < 1.29 is 14.7 Å². The van der Waals surface area contributed by atoms with Crippen LogP contribution < -0.4 is 5.32 Å². The van der Waals surface area contributed by atoms with Gasteiger partial charge in [0.05, 0.1) is 5.56 Å². The van der Waals surface area contributed by atoms with E-state index in [1.807, 2.05) is 6.92 Å². The number of carbonyl (C=O) groups is 2. The van der Waals surface area contributed by atoms with Gasteiger partial charge in [0, 0.05) is 5.56 Å². The van der Waals surface area contributed by atoms with Crippen LogP contribution >= 0.6 is 23.1 Å². The first kappa shape index (κ1) is 18.1. The maximum absolute atomic E-state index is 12.7. The minimum Gasteiger partial charge on any atom is -0.478 e. The van der Waals surface area contributed by atoms with Crippen LogP contribution in [0.25, 0.3) is 11.1 Å². The van der Waals surface area contributed by atoms with Crippen LogP contribution in [0, 0.1) is 0 Å². The molecular formula is C18H15N3O3S2. The van der Waals surface area contributed by atoms with Gasteiger partial charge in [0.15, 0.2) is 4.34 Å². The number of hydrogen-bond donors (Lipinski definition) is 2. The van der Waals surface area contributed by atoms with Crippen LogP contribution in [0.15, 0.2) is 52.9 Å². The van der Waals surface area contributed by atoms with Crippen molar-refractivity contribution in [2.45, 2.75) is 11.3 Å². The molecule has 0 fully saturated rings. The predicted octanol–water partition coefficient (Wildman–Crippen LogP) is 4.27. The Balaban J connectivity index is 1.94. The van der Waals surface area contributed by atoms with Gasteiger partial charge in [0.25, 0.3) is 5.91 Å². The van der Waals surface area contributed by atoms with Crippen molar-refractivity contribution in [2.24, 2.45) is 0 Å². The van der Waals surface area contributed by atoms with Gasteiger partial charge in [0.2, 0.25) is 5.13 Å². The van der Waals surface area contributed by atoms with E-state index in [0.29, 0.717) is 21.8 Å². The van der Waals surface area contributed by atoms with Crippen molar-refractivity contribution >= 4 is 40.1 Å². The molecular weight excluding hydrogens is 370 g/mol. The number of carboxylic acid groups (broad SMARTS) is 1. The molecule has 3 aromatic rings. The summed E-state index contributed by atoms with van der Waals surface area (Å²) in [5.74, 6) is -0.525. The molecule has 0 saturated heterocycles. The number of hydrogen-bond acceptors (Lipinski definition) is 6. The molecule has 2 N–H and O–H groups in total. The summed E-state index contributed by atoms with van der Waals surface area (Å²) in [7, 11) is 0. The van der Waals surface area contributed by atoms with Gasteiger partial charge in [-0.05, 0) is 29.0 Å². The van der Waals surface area contributed by atoms with E-state index >= 15 is 0 Å². The molecule has 0 atom stereocenters. The molecule has 0 unspecified atom stereocenters. The lowest BCUT2D eigenvalue weighted by Crippen LogP contribution is -2.13. The number of nitrogens with zero attached hydrogens (tertiary/aromatic N) is 2. The summed E-state index contributed by atoms with van der Waals surface area (Å²) >= 11 is 2.86. The summed E-state index contributed by atoms with van der Waals surface area (Å²) in [6.45, 7) is 2.01. The Morgan fingerprint density at radius 1 is 1.04 bits per heavy atom. The lowest BCUT2D eigenvalue weighted by Gasteiger charge is -2.11. The molecule has 0 radical (unpaired) electrons. The van der Waals surface area contributed by atoms with Crippen molar-refractivity contribution in [1.82, 2.24) is 10.2 Å².